The van der Waals surface area contributed by atoms with Crippen molar-refractivity contribution in [2.45, 2.75) is 18.9 Å². The van der Waals surface area contributed by atoms with Crippen molar-refractivity contribution in [1.29, 1.82) is 0 Å². The number of urea groups is 1. The standard InChI is InChI=1S/C15H16FN7O/c1-22-8-13(20-21-22)19-15(24)23-6-2-3-12(23)14-17-10-5-4-9(16)7-11(10)18-14/h4-5,7-8,12H,2-3,6H2,1H3,(H,17,18)(H,19,24)/t12-/m0/s1. The third-order valence-corrected chi connectivity index (χ3v) is 4.13. The lowest BCUT2D eigenvalue weighted by Crippen LogP contribution is -2.35. The molecule has 0 bridgehead atoms. The first-order valence-electron chi connectivity index (χ1n) is 7.69. The number of fused-ring (bicyclic) bond motifs is 1. The zero-order valence-electron chi connectivity index (χ0n) is 13.0. The van der Waals surface area contributed by atoms with Crippen LogP contribution in [0, 0.1) is 5.82 Å². The Balaban J connectivity index is 1.58. The number of hydrogen-bond donors (Lipinski definition) is 2. The lowest BCUT2D eigenvalue weighted by Gasteiger charge is -2.22. The molecule has 0 aliphatic carbocycles. The molecule has 1 saturated heterocycles. The van der Waals surface area contributed by atoms with Gasteiger partial charge in [-0.15, -0.1) is 5.10 Å². The smallest absolute Gasteiger partial charge is 0.323 e. The van der Waals surface area contributed by atoms with Crippen LogP contribution in [0.15, 0.2) is 24.4 Å². The summed E-state index contributed by atoms with van der Waals surface area (Å²) >= 11 is 0. The molecule has 9 heteroatoms. The van der Waals surface area contributed by atoms with Crippen LogP contribution in [-0.2, 0) is 7.05 Å². The van der Waals surface area contributed by atoms with Crippen LogP contribution in [0.3, 0.4) is 0 Å². The maximum atomic E-state index is 13.3. The number of amides is 2. The quantitative estimate of drug-likeness (QED) is 0.754. The second-order valence-corrected chi connectivity index (χ2v) is 5.84. The first-order chi connectivity index (χ1) is 11.6. The van der Waals surface area contributed by atoms with Gasteiger partial charge in [0, 0.05) is 13.6 Å². The predicted octanol–water partition coefficient (Wildman–Crippen LogP) is 2.20. The molecule has 124 valence electrons. The van der Waals surface area contributed by atoms with E-state index in [9.17, 15) is 9.18 Å². The van der Waals surface area contributed by atoms with Gasteiger partial charge in [0.05, 0.1) is 23.3 Å². The number of carbonyl (C=O) groups is 1. The first kappa shape index (κ1) is 14.6. The van der Waals surface area contributed by atoms with E-state index in [4.69, 9.17) is 0 Å². The van der Waals surface area contributed by atoms with Crippen molar-refractivity contribution in [2.24, 2.45) is 7.05 Å². The van der Waals surface area contributed by atoms with Gasteiger partial charge in [0.1, 0.15) is 11.6 Å². The number of imidazole rings is 1. The van der Waals surface area contributed by atoms with E-state index in [1.54, 1.807) is 24.2 Å². The number of aryl methyl sites for hydroxylation is 1. The Morgan fingerprint density at radius 3 is 3.12 bits per heavy atom. The topological polar surface area (TPSA) is 91.7 Å². The minimum absolute atomic E-state index is 0.169. The number of anilines is 1. The molecule has 1 atom stereocenters. The van der Waals surface area contributed by atoms with Crippen LogP contribution in [0.2, 0.25) is 0 Å². The molecule has 2 amide bonds. The van der Waals surface area contributed by atoms with Crippen molar-refractivity contribution in [1.82, 2.24) is 29.9 Å². The largest absolute Gasteiger partial charge is 0.340 e. The minimum Gasteiger partial charge on any atom is -0.340 e. The Kier molecular flexibility index (Phi) is 3.40. The van der Waals surface area contributed by atoms with Crippen LogP contribution >= 0.6 is 0 Å². The number of rotatable bonds is 2. The van der Waals surface area contributed by atoms with Crippen LogP contribution < -0.4 is 5.32 Å². The van der Waals surface area contributed by atoms with E-state index in [2.05, 4.69) is 25.6 Å². The van der Waals surface area contributed by atoms with Crippen molar-refractivity contribution in [3.05, 3.63) is 36.0 Å². The molecule has 3 aromatic rings. The number of aromatic nitrogens is 5. The number of nitrogens with one attached hydrogen (secondary N) is 2. The zero-order chi connectivity index (χ0) is 16.7. The van der Waals surface area contributed by atoms with Crippen molar-refractivity contribution in [3.63, 3.8) is 0 Å². The molecule has 4 rings (SSSR count). The molecule has 0 spiro atoms. The number of halogens is 1. The molecule has 24 heavy (non-hydrogen) atoms. The van der Waals surface area contributed by atoms with Crippen molar-refractivity contribution < 1.29 is 9.18 Å². The molecular weight excluding hydrogens is 313 g/mol. The maximum Gasteiger partial charge on any atom is 0.323 e. The highest BCUT2D eigenvalue weighted by molar-refractivity contribution is 5.88. The van der Waals surface area contributed by atoms with Gasteiger partial charge < -0.3 is 9.88 Å². The highest BCUT2D eigenvalue weighted by Crippen LogP contribution is 2.31. The fourth-order valence-corrected chi connectivity index (χ4v) is 3.04. The molecule has 0 radical (unpaired) electrons. The zero-order valence-corrected chi connectivity index (χ0v) is 13.0. The minimum atomic E-state index is -0.318. The highest BCUT2D eigenvalue weighted by Gasteiger charge is 2.32. The number of H-pyrrole nitrogens is 1. The highest BCUT2D eigenvalue weighted by atomic mass is 19.1. The van der Waals surface area contributed by atoms with Crippen molar-refractivity contribution in [2.75, 3.05) is 11.9 Å². The van der Waals surface area contributed by atoms with E-state index < -0.39 is 0 Å². The summed E-state index contributed by atoms with van der Waals surface area (Å²) in [6.45, 7) is 0.627. The number of benzene rings is 1. The van der Waals surface area contributed by atoms with Crippen LogP contribution in [0.1, 0.15) is 24.7 Å². The van der Waals surface area contributed by atoms with Gasteiger partial charge in [-0.2, -0.15) is 0 Å². The second-order valence-electron chi connectivity index (χ2n) is 5.84. The SMILES string of the molecule is Cn1cc(NC(=O)N2CCC[C@H]2c2nc3ccc(F)cc3[nH]2)nn1. The summed E-state index contributed by atoms with van der Waals surface area (Å²) < 4.78 is 14.9. The molecule has 1 fully saturated rings. The molecule has 1 aromatic carbocycles. The van der Waals surface area contributed by atoms with Crippen LogP contribution in [0.4, 0.5) is 15.0 Å². The number of carbonyl (C=O) groups excluding carboxylic acids is 1. The molecule has 0 saturated carbocycles. The molecule has 1 aliphatic rings. The third-order valence-electron chi connectivity index (χ3n) is 4.13. The lowest BCUT2D eigenvalue weighted by atomic mass is 10.2. The molecule has 2 N–H and O–H groups in total. The summed E-state index contributed by atoms with van der Waals surface area (Å²) in [6, 6.07) is 4.00. The predicted molar refractivity (Wildman–Crippen MR) is 84.8 cm³/mol. The number of hydrogen-bond acceptors (Lipinski definition) is 4. The Bertz CT molecular complexity index is 902. The lowest BCUT2D eigenvalue weighted by molar-refractivity contribution is 0.205. The average molecular weight is 329 g/mol. The van der Waals surface area contributed by atoms with E-state index >= 15 is 0 Å². The Morgan fingerprint density at radius 2 is 2.33 bits per heavy atom. The number of likely N-dealkylation sites (tertiary alicyclic amines) is 1. The molecular formula is C15H16FN7O. The third kappa shape index (κ3) is 2.57. The number of aromatic amines is 1. The monoisotopic (exact) mass is 329 g/mol. The van der Waals surface area contributed by atoms with Gasteiger partial charge in [0.25, 0.3) is 0 Å². The average Bonchev–Trinajstić information content (AvgIpc) is 3.25. The van der Waals surface area contributed by atoms with E-state index in [1.807, 2.05) is 0 Å². The van der Waals surface area contributed by atoms with E-state index in [0.717, 1.165) is 12.8 Å². The Hall–Kier alpha value is -2.97. The van der Waals surface area contributed by atoms with E-state index in [0.29, 0.717) is 29.2 Å². The fourth-order valence-electron chi connectivity index (χ4n) is 3.04. The fraction of sp³-hybridized carbons (Fsp3) is 0.333. The summed E-state index contributed by atoms with van der Waals surface area (Å²) in [5.74, 6) is 0.753. The van der Waals surface area contributed by atoms with E-state index in [-0.39, 0.29) is 17.9 Å². The molecule has 2 aromatic heterocycles. The summed E-state index contributed by atoms with van der Waals surface area (Å²) in [5, 5.41) is 10.4. The van der Waals surface area contributed by atoms with Crippen LogP contribution in [0.25, 0.3) is 11.0 Å². The normalized spacial score (nSPS) is 17.6. The van der Waals surface area contributed by atoms with Crippen molar-refractivity contribution in [3.8, 4) is 0 Å². The van der Waals surface area contributed by atoms with Gasteiger partial charge in [0.2, 0.25) is 0 Å². The van der Waals surface area contributed by atoms with Gasteiger partial charge in [-0.3, -0.25) is 10.00 Å². The van der Waals surface area contributed by atoms with E-state index in [1.165, 1.54) is 16.8 Å². The summed E-state index contributed by atoms with van der Waals surface area (Å²) in [4.78, 5) is 21.9. The molecule has 3 heterocycles. The summed E-state index contributed by atoms with van der Waals surface area (Å²) in [5.41, 5.74) is 1.32. The van der Waals surface area contributed by atoms with Gasteiger partial charge in [0.15, 0.2) is 5.82 Å². The van der Waals surface area contributed by atoms with Crippen LogP contribution in [-0.4, -0.2) is 42.4 Å². The Morgan fingerprint density at radius 1 is 1.46 bits per heavy atom. The summed E-state index contributed by atoms with van der Waals surface area (Å²) in [7, 11) is 1.73. The first-order valence-corrected chi connectivity index (χ1v) is 7.69. The molecule has 8 nitrogen and oxygen atoms in total. The molecule has 1 aliphatic heterocycles. The van der Waals surface area contributed by atoms with Gasteiger partial charge in [-0.05, 0) is 31.0 Å². The van der Waals surface area contributed by atoms with Gasteiger partial charge in [-0.1, -0.05) is 5.21 Å². The molecule has 0 unspecified atom stereocenters. The van der Waals surface area contributed by atoms with Crippen LogP contribution in [0.5, 0.6) is 0 Å². The van der Waals surface area contributed by atoms with Gasteiger partial charge in [-0.25, -0.2) is 14.2 Å². The maximum absolute atomic E-state index is 13.3. The Labute approximate surface area is 136 Å². The summed E-state index contributed by atoms with van der Waals surface area (Å²) in [6.07, 6.45) is 3.31. The number of nitrogens with zero attached hydrogens (tertiary/aromatic N) is 5. The van der Waals surface area contributed by atoms with Crippen molar-refractivity contribution >= 4 is 22.9 Å². The van der Waals surface area contributed by atoms with Gasteiger partial charge >= 0.3 is 6.03 Å². The second kappa shape index (κ2) is 5.59.